The normalized spacial score (nSPS) is 11.6. The van der Waals surface area contributed by atoms with Gasteiger partial charge in [0.25, 0.3) is 5.91 Å². The van der Waals surface area contributed by atoms with Crippen LogP contribution in [0.4, 0.5) is 5.69 Å². The van der Waals surface area contributed by atoms with Crippen molar-refractivity contribution in [3.8, 4) is 0 Å². The Morgan fingerprint density at radius 1 is 1.12 bits per heavy atom. The van der Waals surface area contributed by atoms with Crippen LogP contribution in [-0.2, 0) is 9.53 Å². The van der Waals surface area contributed by atoms with Gasteiger partial charge in [-0.2, -0.15) is 0 Å². The molecule has 2 rings (SSSR count). The molecule has 2 aromatic carbocycles. The summed E-state index contributed by atoms with van der Waals surface area (Å²) in [6.45, 7) is 3.89. The number of carbonyl (C=O) groups excluding carboxylic acids is 2. The van der Waals surface area contributed by atoms with E-state index in [1.807, 2.05) is 24.3 Å². The summed E-state index contributed by atoms with van der Waals surface area (Å²) in [5.74, 6) is -0.532. The predicted molar refractivity (Wildman–Crippen MR) is 98.2 cm³/mol. The number of esters is 1. The van der Waals surface area contributed by atoms with Crippen molar-refractivity contribution >= 4 is 33.5 Å². The maximum absolute atomic E-state index is 12.1. The number of nitrogens with one attached hydrogen (secondary N) is 1. The minimum absolute atomic E-state index is 0.316. The van der Waals surface area contributed by atoms with Gasteiger partial charge < -0.3 is 10.1 Å². The van der Waals surface area contributed by atoms with Gasteiger partial charge in [0, 0.05) is 10.2 Å². The van der Waals surface area contributed by atoms with Crippen LogP contribution in [0.1, 0.15) is 42.1 Å². The molecule has 0 heterocycles. The van der Waals surface area contributed by atoms with E-state index in [0.29, 0.717) is 11.5 Å². The second-order valence-electron chi connectivity index (χ2n) is 5.53. The number of anilines is 1. The summed E-state index contributed by atoms with van der Waals surface area (Å²) in [6.07, 6.45) is 0.978. The zero-order valence-corrected chi connectivity index (χ0v) is 15.3. The van der Waals surface area contributed by atoms with Gasteiger partial charge in [-0.05, 0) is 48.2 Å². The summed E-state index contributed by atoms with van der Waals surface area (Å²) in [4.78, 5) is 24.0. The molecule has 4 nitrogen and oxygen atoms in total. The van der Waals surface area contributed by atoms with Gasteiger partial charge in [-0.25, -0.2) is 4.79 Å². The van der Waals surface area contributed by atoms with Crippen LogP contribution in [0.25, 0.3) is 0 Å². The lowest BCUT2D eigenvalue weighted by Crippen LogP contribution is -2.21. The standard InChI is InChI=1S/C19H20BrNO3/c1-3-13(2)16-6-4-5-7-17(16)21-18(22)12-24-19(23)14-8-10-15(20)11-9-14/h4-11,13H,3,12H2,1-2H3,(H,21,22)/t13-/m0/s1. The summed E-state index contributed by atoms with van der Waals surface area (Å²) < 4.78 is 5.94. The average Bonchev–Trinajstić information content (AvgIpc) is 2.60. The zero-order valence-electron chi connectivity index (χ0n) is 13.7. The van der Waals surface area contributed by atoms with Crippen LogP contribution < -0.4 is 5.32 Å². The van der Waals surface area contributed by atoms with Crippen LogP contribution >= 0.6 is 15.9 Å². The van der Waals surface area contributed by atoms with Crippen LogP contribution in [0.3, 0.4) is 0 Å². The fraction of sp³-hybridized carbons (Fsp3) is 0.263. The summed E-state index contributed by atoms with van der Waals surface area (Å²) in [7, 11) is 0. The smallest absolute Gasteiger partial charge is 0.338 e. The lowest BCUT2D eigenvalue weighted by atomic mass is 9.97. The van der Waals surface area contributed by atoms with Crippen LogP contribution in [0.15, 0.2) is 53.0 Å². The maximum Gasteiger partial charge on any atom is 0.338 e. The second-order valence-corrected chi connectivity index (χ2v) is 6.44. The summed E-state index contributed by atoms with van der Waals surface area (Å²) in [5, 5.41) is 2.82. The highest BCUT2D eigenvalue weighted by Crippen LogP contribution is 2.26. The Bertz CT molecular complexity index is 713. The molecule has 0 saturated heterocycles. The zero-order chi connectivity index (χ0) is 17.5. The Hall–Kier alpha value is -2.14. The molecule has 0 unspecified atom stereocenters. The molecule has 0 spiro atoms. The van der Waals surface area contributed by atoms with E-state index < -0.39 is 5.97 Å². The van der Waals surface area contributed by atoms with E-state index in [1.54, 1.807) is 24.3 Å². The molecule has 0 aliphatic carbocycles. The first kappa shape index (κ1) is 18.2. The van der Waals surface area contributed by atoms with Crippen LogP contribution in [0.5, 0.6) is 0 Å². The molecule has 5 heteroatoms. The summed E-state index contributed by atoms with van der Waals surface area (Å²) in [6, 6.07) is 14.5. The number of rotatable bonds is 6. The first-order valence-corrected chi connectivity index (χ1v) is 8.62. The molecule has 0 aliphatic heterocycles. The molecular formula is C19H20BrNO3. The van der Waals surface area contributed by atoms with Crippen LogP contribution in [0.2, 0.25) is 0 Å². The van der Waals surface area contributed by atoms with Crippen molar-refractivity contribution in [2.75, 3.05) is 11.9 Å². The quantitative estimate of drug-likeness (QED) is 0.724. The van der Waals surface area contributed by atoms with Crippen LogP contribution in [0, 0.1) is 0 Å². The molecule has 0 fully saturated rings. The van der Waals surface area contributed by atoms with Gasteiger partial charge in [-0.15, -0.1) is 0 Å². The fourth-order valence-corrected chi connectivity index (χ4v) is 2.51. The number of carbonyl (C=O) groups is 2. The third-order valence-electron chi connectivity index (χ3n) is 3.79. The lowest BCUT2D eigenvalue weighted by molar-refractivity contribution is -0.119. The van der Waals surface area contributed by atoms with E-state index in [9.17, 15) is 9.59 Å². The van der Waals surface area contributed by atoms with Gasteiger partial charge in [0.15, 0.2) is 6.61 Å². The highest BCUT2D eigenvalue weighted by Gasteiger charge is 2.13. The lowest BCUT2D eigenvalue weighted by Gasteiger charge is -2.15. The number of amides is 1. The number of hydrogen-bond donors (Lipinski definition) is 1. The van der Waals surface area contributed by atoms with Crippen LogP contribution in [-0.4, -0.2) is 18.5 Å². The van der Waals surface area contributed by atoms with Crippen molar-refractivity contribution in [1.82, 2.24) is 0 Å². The van der Waals surface area contributed by atoms with Gasteiger partial charge in [0.1, 0.15) is 0 Å². The maximum atomic E-state index is 12.1. The van der Waals surface area contributed by atoms with E-state index in [0.717, 1.165) is 22.1 Å². The molecule has 1 N–H and O–H groups in total. The average molecular weight is 390 g/mol. The Morgan fingerprint density at radius 3 is 2.46 bits per heavy atom. The third kappa shape index (κ3) is 4.93. The summed E-state index contributed by atoms with van der Waals surface area (Å²) in [5.41, 5.74) is 2.25. The molecule has 126 valence electrons. The van der Waals surface area contributed by atoms with Gasteiger partial charge in [-0.1, -0.05) is 48.0 Å². The van der Waals surface area contributed by atoms with E-state index in [1.165, 1.54) is 0 Å². The predicted octanol–water partition coefficient (Wildman–Crippen LogP) is 4.76. The third-order valence-corrected chi connectivity index (χ3v) is 4.32. The van der Waals surface area contributed by atoms with E-state index in [2.05, 4.69) is 35.1 Å². The first-order chi connectivity index (χ1) is 11.5. The van der Waals surface area contributed by atoms with Gasteiger partial charge in [0.2, 0.25) is 0 Å². The van der Waals surface area contributed by atoms with Crippen molar-refractivity contribution in [1.29, 1.82) is 0 Å². The van der Waals surface area contributed by atoms with Crippen molar-refractivity contribution in [2.24, 2.45) is 0 Å². The van der Waals surface area contributed by atoms with Crippen molar-refractivity contribution < 1.29 is 14.3 Å². The highest BCUT2D eigenvalue weighted by atomic mass is 79.9. The Balaban J connectivity index is 1.94. The molecule has 1 atom stereocenters. The number of para-hydroxylation sites is 1. The van der Waals surface area contributed by atoms with E-state index in [4.69, 9.17) is 4.74 Å². The number of hydrogen-bond acceptors (Lipinski definition) is 3. The van der Waals surface area contributed by atoms with Crippen molar-refractivity contribution in [3.05, 3.63) is 64.1 Å². The largest absolute Gasteiger partial charge is 0.452 e. The molecule has 24 heavy (non-hydrogen) atoms. The van der Waals surface area contributed by atoms with Crippen molar-refractivity contribution in [3.63, 3.8) is 0 Å². The molecule has 0 bridgehead atoms. The molecule has 0 aliphatic rings. The number of halogens is 1. The molecule has 0 radical (unpaired) electrons. The monoisotopic (exact) mass is 389 g/mol. The fourth-order valence-electron chi connectivity index (χ4n) is 2.25. The Morgan fingerprint density at radius 2 is 1.79 bits per heavy atom. The summed E-state index contributed by atoms with van der Waals surface area (Å²) >= 11 is 3.30. The minimum atomic E-state index is -0.520. The number of benzene rings is 2. The van der Waals surface area contributed by atoms with Crippen molar-refractivity contribution in [2.45, 2.75) is 26.2 Å². The van der Waals surface area contributed by atoms with E-state index >= 15 is 0 Å². The number of ether oxygens (including phenoxy) is 1. The minimum Gasteiger partial charge on any atom is -0.452 e. The molecule has 0 aromatic heterocycles. The van der Waals surface area contributed by atoms with Gasteiger partial charge in [0.05, 0.1) is 5.56 Å². The first-order valence-electron chi connectivity index (χ1n) is 7.82. The topological polar surface area (TPSA) is 55.4 Å². The highest BCUT2D eigenvalue weighted by molar-refractivity contribution is 9.10. The van der Waals surface area contributed by atoms with Gasteiger partial charge in [-0.3, -0.25) is 4.79 Å². The molecule has 0 saturated carbocycles. The molecule has 1 amide bonds. The second kappa shape index (κ2) is 8.64. The molecular weight excluding hydrogens is 370 g/mol. The van der Waals surface area contributed by atoms with E-state index in [-0.39, 0.29) is 12.5 Å². The SMILES string of the molecule is CC[C@H](C)c1ccccc1NC(=O)COC(=O)c1ccc(Br)cc1. The van der Waals surface area contributed by atoms with Gasteiger partial charge >= 0.3 is 5.97 Å². The Labute approximate surface area is 150 Å². The Kier molecular flexibility index (Phi) is 6.55. The molecule has 2 aromatic rings.